The minimum Gasteiger partial charge on any atom is -0.371 e. The fourth-order valence-corrected chi connectivity index (χ4v) is 4.10. The topological polar surface area (TPSA) is 121 Å². The number of carbonyl (C=O) groups excluding carboxylic acids is 1. The first-order valence-electron chi connectivity index (χ1n) is 7.24. The Morgan fingerprint density at radius 1 is 1.17 bits per heavy atom. The normalized spacial score (nSPS) is 37.1. The monoisotopic (exact) mass is 306 g/mol. The lowest BCUT2D eigenvalue weighted by molar-refractivity contribution is -0.193. The van der Waals surface area contributed by atoms with E-state index < -0.39 is 34.3 Å². The number of nitrogens with one attached hydrogen (secondary N) is 1. The van der Waals surface area contributed by atoms with Crippen LogP contribution in [0.4, 0.5) is 0 Å². The van der Waals surface area contributed by atoms with Crippen LogP contribution < -0.4 is 5.32 Å². The fourth-order valence-electron chi connectivity index (χ4n) is 4.10. The summed E-state index contributed by atoms with van der Waals surface area (Å²) in [6.45, 7) is 1.72. The van der Waals surface area contributed by atoms with Crippen molar-refractivity contribution in [2.75, 3.05) is 0 Å². The third-order valence-electron chi connectivity index (χ3n) is 5.33. The highest BCUT2D eigenvalue weighted by atomic mass is 16.3. The first-order chi connectivity index (χ1) is 10.9. The van der Waals surface area contributed by atoms with Gasteiger partial charge in [-0.1, -0.05) is 37.3 Å². The summed E-state index contributed by atoms with van der Waals surface area (Å²) in [5.41, 5.74) is -4.79. The van der Waals surface area contributed by atoms with Crippen LogP contribution in [-0.2, 0) is 4.79 Å². The van der Waals surface area contributed by atoms with Gasteiger partial charge in [0.1, 0.15) is 5.72 Å². The Bertz CT molecular complexity index is 787. The van der Waals surface area contributed by atoms with E-state index in [0.717, 1.165) is 0 Å². The van der Waals surface area contributed by atoms with Crippen LogP contribution >= 0.6 is 0 Å². The van der Waals surface area contributed by atoms with Crippen molar-refractivity contribution in [3.63, 3.8) is 0 Å². The Balaban J connectivity index is 2.36. The summed E-state index contributed by atoms with van der Waals surface area (Å²) in [5, 5.41) is 42.4. The number of rotatable bonds is 1. The summed E-state index contributed by atoms with van der Waals surface area (Å²) in [5.74, 6) is -2.03. The van der Waals surface area contributed by atoms with Crippen molar-refractivity contribution >= 4 is 5.91 Å². The summed E-state index contributed by atoms with van der Waals surface area (Å²) in [4.78, 5) is 12.7. The van der Waals surface area contributed by atoms with E-state index in [4.69, 9.17) is 0 Å². The molecule has 6 heteroatoms. The molecule has 1 aromatic rings. The van der Waals surface area contributed by atoms with Gasteiger partial charge in [0.05, 0.1) is 18.2 Å². The second-order valence-electron chi connectivity index (χ2n) is 6.28. The van der Waals surface area contributed by atoms with Gasteiger partial charge in [0.15, 0.2) is 10.8 Å². The predicted molar refractivity (Wildman–Crippen MR) is 77.8 cm³/mol. The molecule has 3 aliphatic rings. The third-order valence-corrected chi connectivity index (χ3v) is 5.33. The molecular formula is C17H14N4O2. The van der Waals surface area contributed by atoms with Gasteiger partial charge in [-0.05, 0) is 5.56 Å². The molecule has 2 N–H and O–H groups in total. The Kier molecular flexibility index (Phi) is 2.98. The van der Waals surface area contributed by atoms with Gasteiger partial charge < -0.3 is 10.4 Å². The van der Waals surface area contributed by atoms with E-state index in [1.165, 1.54) is 0 Å². The predicted octanol–water partition coefficient (Wildman–Crippen LogP) is 1.17. The van der Waals surface area contributed by atoms with E-state index in [9.17, 15) is 25.7 Å². The molecule has 2 saturated heterocycles. The molecule has 0 aromatic heterocycles. The van der Waals surface area contributed by atoms with Crippen LogP contribution in [0, 0.1) is 50.7 Å². The average molecular weight is 306 g/mol. The van der Waals surface area contributed by atoms with Crippen molar-refractivity contribution in [2.24, 2.45) is 16.7 Å². The number of nitrogens with zero attached hydrogens (tertiary/aromatic N) is 3. The maximum Gasteiger partial charge on any atom is 0.246 e. The highest BCUT2D eigenvalue weighted by Gasteiger charge is 2.76. The molecule has 1 saturated carbocycles. The molecule has 2 bridgehead atoms. The quantitative estimate of drug-likeness (QED) is 0.806. The van der Waals surface area contributed by atoms with Crippen molar-refractivity contribution < 1.29 is 9.90 Å². The SMILES string of the molecule is C[C@H]1[C@@H](c2ccccc2)[C@@]2(C#N)C(=O)N[C@@]1(O)CC2(C#N)C#N. The number of amides is 1. The van der Waals surface area contributed by atoms with Gasteiger partial charge in [-0.25, -0.2) is 0 Å². The van der Waals surface area contributed by atoms with Gasteiger partial charge in [-0.15, -0.1) is 0 Å². The van der Waals surface area contributed by atoms with Crippen LogP contribution in [0.1, 0.15) is 24.8 Å². The number of benzene rings is 1. The maximum absolute atomic E-state index is 12.7. The highest BCUT2D eigenvalue weighted by molar-refractivity contribution is 5.92. The van der Waals surface area contributed by atoms with Gasteiger partial charge in [-0.3, -0.25) is 4.79 Å². The number of hydrogen-bond acceptors (Lipinski definition) is 5. The molecule has 4 rings (SSSR count). The first-order valence-corrected chi connectivity index (χ1v) is 7.24. The lowest BCUT2D eigenvalue weighted by atomic mass is 9.44. The average Bonchev–Trinajstić information content (AvgIpc) is 2.56. The third kappa shape index (κ3) is 1.55. The van der Waals surface area contributed by atoms with Crippen molar-refractivity contribution in [1.29, 1.82) is 15.8 Å². The zero-order chi connectivity index (χ0) is 16.9. The molecule has 2 aliphatic heterocycles. The Labute approximate surface area is 133 Å². The Morgan fingerprint density at radius 2 is 1.78 bits per heavy atom. The van der Waals surface area contributed by atoms with E-state index in [1.807, 2.05) is 18.2 Å². The molecule has 23 heavy (non-hydrogen) atoms. The van der Waals surface area contributed by atoms with E-state index in [0.29, 0.717) is 5.56 Å². The van der Waals surface area contributed by atoms with Gasteiger partial charge in [0.25, 0.3) is 0 Å². The number of piperidine rings is 2. The van der Waals surface area contributed by atoms with Crippen LogP contribution in [0.15, 0.2) is 30.3 Å². The number of hydrogen-bond donors (Lipinski definition) is 2. The lowest BCUT2D eigenvalue weighted by Crippen LogP contribution is -2.76. The molecular weight excluding hydrogens is 292 g/mol. The number of carbonyl (C=O) groups is 1. The summed E-state index contributed by atoms with van der Waals surface area (Å²) in [6, 6.07) is 14.5. The zero-order valence-corrected chi connectivity index (χ0v) is 12.4. The zero-order valence-electron chi connectivity index (χ0n) is 12.4. The minimum absolute atomic E-state index is 0.281. The maximum atomic E-state index is 12.7. The summed E-state index contributed by atoms with van der Waals surface area (Å²) < 4.78 is 0. The smallest absolute Gasteiger partial charge is 0.246 e. The molecule has 1 aliphatic carbocycles. The van der Waals surface area contributed by atoms with Crippen LogP contribution in [0.2, 0.25) is 0 Å². The molecule has 114 valence electrons. The number of nitriles is 3. The first kappa shape index (κ1) is 15.0. The van der Waals surface area contributed by atoms with Crippen LogP contribution in [0.25, 0.3) is 0 Å². The van der Waals surface area contributed by atoms with Gasteiger partial charge in [-0.2, -0.15) is 15.8 Å². The van der Waals surface area contributed by atoms with Crippen LogP contribution in [-0.4, -0.2) is 16.7 Å². The lowest BCUT2D eigenvalue weighted by Gasteiger charge is -2.60. The molecule has 4 atom stereocenters. The van der Waals surface area contributed by atoms with Gasteiger partial charge >= 0.3 is 0 Å². The minimum atomic E-state index is -1.90. The molecule has 2 heterocycles. The van der Waals surface area contributed by atoms with Crippen molar-refractivity contribution in [3.8, 4) is 18.2 Å². The van der Waals surface area contributed by atoms with Crippen molar-refractivity contribution in [2.45, 2.75) is 25.0 Å². The molecule has 3 fully saturated rings. The molecule has 1 amide bonds. The molecule has 0 unspecified atom stereocenters. The number of aliphatic hydroxyl groups is 1. The number of fused-ring (bicyclic) bond motifs is 3. The van der Waals surface area contributed by atoms with E-state index in [-0.39, 0.29) is 6.42 Å². The van der Waals surface area contributed by atoms with E-state index in [1.54, 1.807) is 37.3 Å². The van der Waals surface area contributed by atoms with Crippen molar-refractivity contribution in [1.82, 2.24) is 5.32 Å². The summed E-state index contributed by atoms with van der Waals surface area (Å²) >= 11 is 0. The molecule has 6 nitrogen and oxygen atoms in total. The van der Waals surface area contributed by atoms with E-state index >= 15 is 0 Å². The Morgan fingerprint density at radius 3 is 2.30 bits per heavy atom. The largest absolute Gasteiger partial charge is 0.371 e. The van der Waals surface area contributed by atoms with Gasteiger partial charge in [0, 0.05) is 18.3 Å². The summed E-state index contributed by atoms with van der Waals surface area (Å²) in [7, 11) is 0. The van der Waals surface area contributed by atoms with E-state index in [2.05, 4.69) is 5.32 Å². The van der Waals surface area contributed by atoms with Crippen LogP contribution in [0.3, 0.4) is 0 Å². The summed E-state index contributed by atoms with van der Waals surface area (Å²) in [6.07, 6.45) is -0.281. The molecule has 1 aromatic carbocycles. The van der Waals surface area contributed by atoms with Gasteiger partial charge in [0.2, 0.25) is 5.91 Å². The van der Waals surface area contributed by atoms with Crippen LogP contribution in [0.5, 0.6) is 0 Å². The highest BCUT2D eigenvalue weighted by Crippen LogP contribution is 2.64. The Hall–Kier alpha value is -2.88. The molecule has 0 spiro atoms. The van der Waals surface area contributed by atoms with Crippen molar-refractivity contribution in [3.05, 3.63) is 35.9 Å². The fraction of sp³-hybridized carbons (Fsp3) is 0.412. The standard InChI is InChI=1S/C17H14N4O2/c1-11-13(12-5-3-2-4-6-12)16(10-20)14(22)21-17(11,23)7-15(16,8-18)9-19/h2-6,11,13,23H,7H2,1H3,(H,21,22)/t11-,13-,16-,17+/m0/s1. The second kappa shape index (κ2) is 4.56. The second-order valence-corrected chi connectivity index (χ2v) is 6.28. The molecule has 0 radical (unpaired) electrons.